The highest BCUT2D eigenvalue weighted by atomic mass is 32.2. The maximum Gasteiger partial charge on any atom is 0.325 e. The van der Waals surface area contributed by atoms with Crippen molar-refractivity contribution in [1.29, 1.82) is 0 Å². The molecule has 15 nitrogen and oxygen atoms in total. The SMILES string of the molecule is CN(c1ccc(Oc2nc(O)c3ccncc3n2)cc1)S(=O)(=O)c1cccc(-c2ccc(-n3cc4cc(Oc5nc(O)c6ccncc6n5)ccc4n3)cc2)c1. The van der Waals surface area contributed by atoms with Crippen LogP contribution in [0.15, 0.2) is 139 Å². The van der Waals surface area contributed by atoms with Gasteiger partial charge >= 0.3 is 12.0 Å². The van der Waals surface area contributed by atoms with Crippen LogP contribution in [0.25, 0.3) is 49.5 Å². The summed E-state index contributed by atoms with van der Waals surface area (Å²) in [5.74, 6) is 0.378. The topological polar surface area (TPSA) is 191 Å². The normalized spacial score (nSPS) is 11.6. The van der Waals surface area contributed by atoms with Gasteiger partial charge in [0.15, 0.2) is 0 Å². The van der Waals surface area contributed by atoms with Gasteiger partial charge in [-0.25, -0.2) is 13.1 Å². The monoisotopic (exact) mass is 761 g/mol. The molecule has 0 amide bonds. The summed E-state index contributed by atoms with van der Waals surface area (Å²) in [6.45, 7) is 0. The van der Waals surface area contributed by atoms with E-state index in [1.807, 2.05) is 42.6 Å². The van der Waals surface area contributed by atoms with Gasteiger partial charge in [0, 0.05) is 31.0 Å². The van der Waals surface area contributed by atoms with Crippen LogP contribution in [0.1, 0.15) is 0 Å². The molecule has 0 atom stereocenters. The highest BCUT2D eigenvalue weighted by Crippen LogP contribution is 2.32. The fourth-order valence-electron chi connectivity index (χ4n) is 6.05. The molecular weight excluding hydrogens is 735 g/mol. The molecular formula is C40H27N9O6S. The zero-order valence-electron chi connectivity index (χ0n) is 29.2. The van der Waals surface area contributed by atoms with E-state index in [0.717, 1.165) is 22.2 Å². The first-order valence-corrected chi connectivity index (χ1v) is 18.4. The zero-order valence-corrected chi connectivity index (χ0v) is 30.0. The molecule has 9 aromatic rings. The number of hydrogen-bond donors (Lipinski definition) is 2. The minimum Gasteiger partial charge on any atom is -0.493 e. The highest BCUT2D eigenvalue weighted by Gasteiger charge is 2.22. The number of aromatic hydroxyl groups is 2. The molecule has 16 heteroatoms. The van der Waals surface area contributed by atoms with Crippen molar-refractivity contribution in [1.82, 2.24) is 39.7 Å². The second-order valence-corrected chi connectivity index (χ2v) is 14.5. The van der Waals surface area contributed by atoms with Gasteiger partial charge in [-0.3, -0.25) is 14.3 Å². The van der Waals surface area contributed by atoms with E-state index in [1.54, 1.807) is 77.6 Å². The van der Waals surface area contributed by atoms with Crippen molar-refractivity contribution in [3.05, 3.63) is 134 Å². The average Bonchev–Trinajstić information content (AvgIpc) is 3.65. The number of rotatable bonds is 9. The lowest BCUT2D eigenvalue weighted by Gasteiger charge is -2.20. The number of aromatic nitrogens is 8. The zero-order chi connectivity index (χ0) is 38.4. The van der Waals surface area contributed by atoms with Crippen molar-refractivity contribution < 1.29 is 28.1 Å². The Labute approximate surface area is 317 Å². The number of hydrogen-bond acceptors (Lipinski definition) is 13. The summed E-state index contributed by atoms with van der Waals surface area (Å²) < 4.78 is 42.1. The molecule has 0 aliphatic carbocycles. The summed E-state index contributed by atoms with van der Waals surface area (Å²) in [5, 5.41) is 27.0. The minimum absolute atomic E-state index is 0.0105. The van der Waals surface area contributed by atoms with Crippen LogP contribution in [0.2, 0.25) is 0 Å². The van der Waals surface area contributed by atoms with Crippen molar-refractivity contribution in [3.63, 3.8) is 0 Å². The van der Waals surface area contributed by atoms with Crippen molar-refractivity contribution in [2.24, 2.45) is 0 Å². The van der Waals surface area contributed by atoms with Gasteiger partial charge < -0.3 is 19.7 Å². The lowest BCUT2D eigenvalue weighted by atomic mass is 10.1. The van der Waals surface area contributed by atoms with Gasteiger partial charge in [-0.1, -0.05) is 24.3 Å². The van der Waals surface area contributed by atoms with Crippen LogP contribution in [0, 0.1) is 0 Å². The quantitative estimate of drug-likeness (QED) is 0.150. The third-order valence-electron chi connectivity index (χ3n) is 8.97. The van der Waals surface area contributed by atoms with E-state index in [4.69, 9.17) is 14.6 Å². The number of nitrogens with zero attached hydrogens (tertiary/aromatic N) is 9. The molecule has 0 aliphatic heterocycles. The fraction of sp³-hybridized carbons (Fsp3) is 0.0250. The molecule has 0 unspecified atom stereocenters. The van der Waals surface area contributed by atoms with Crippen molar-refractivity contribution in [3.8, 4) is 52.1 Å². The Balaban J connectivity index is 0.896. The predicted molar refractivity (Wildman–Crippen MR) is 207 cm³/mol. The Morgan fingerprint density at radius 3 is 1.93 bits per heavy atom. The van der Waals surface area contributed by atoms with E-state index < -0.39 is 10.0 Å². The summed E-state index contributed by atoms with van der Waals surface area (Å²) in [6.07, 6.45) is 7.95. The van der Waals surface area contributed by atoms with Crippen LogP contribution in [-0.2, 0) is 10.0 Å². The molecule has 5 aromatic heterocycles. The molecule has 9 rings (SSSR count). The van der Waals surface area contributed by atoms with Crippen LogP contribution in [0.4, 0.5) is 5.69 Å². The lowest BCUT2D eigenvalue weighted by Crippen LogP contribution is -2.26. The maximum atomic E-state index is 13.8. The summed E-state index contributed by atoms with van der Waals surface area (Å²) in [5.41, 5.74) is 4.33. The molecule has 4 aromatic carbocycles. The Hall–Kier alpha value is -7.72. The van der Waals surface area contributed by atoms with E-state index >= 15 is 0 Å². The fourth-order valence-corrected chi connectivity index (χ4v) is 7.29. The van der Waals surface area contributed by atoms with Gasteiger partial charge in [0.2, 0.25) is 11.8 Å². The molecule has 0 aliphatic rings. The van der Waals surface area contributed by atoms with Gasteiger partial charge in [0.25, 0.3) is 10.0 Å². The second-order valence-electron chi connectivity index (χ2n) is 12.5. The summed E-state index contributed by atoms with van der Waals surface area (Å²) in [6, 6.07) is 29.2. The summed E-state index contributed by atoms with van der Waals surface area (Å²) >= 11 is 0. The third kappa shape index (κ3) is 6.45. The highest BCUT2D eigenvalue weighted by molar-refractivity contribution is 7.92. The Kier molecular flexibility index (Phi) is 8.28. The summed E-state index contributed by atoms with van der Waals surface area (Å²) in [4.78, 5) is 24.8. The number of ether oxygens (including phenoxy) is 2. The molecule has 0 saturated carbocycles. The van der Waals surface area contributed by atoms with Gasteiger partial charge in [-0.15, -0.1) is 0 Å². The second kappa shape index (κ2) is 13.6. The van der Waals surface area contributed by atoms with E-state index in [2.05, 4.69) is 29.9 Å². The number of sulfonamides is 1. The van der Waals surface area contributed by atoms with Crippen molar-refractivity contribution >= 4 is 48.4 Å². The smallest absolute Gasteiger partial charge is 0.325 e. The number of anilines is 1. The van der Waals surface area contributed by atoms with Crippen molar-refractivity contribution in [2.75, 3.05) is 11.4 Å². The Bertz CT molecular complexity index is 3050. The first-order chi connectivity index (χ1) is 27.2. The van der Waals surface area contributed by atoms with Crippen LogP contribution in [0.5, 0.6) is 35.3 Å². The molecule has 0 saturated heterocycles. The number of fused-ring (bicyclic) bond motifs is 3. The van der Waals surface area contributed by atoms with Crippen LogP contribution in [0.3, 0.4) is 0 Å². The van der Waals surface area contributed by atoms with E-state index in [0.29, 0.717) is 44.6 Å². The van der Waals surface area contributed by atoms with Crippen LogP contribution >= 0.6 is 0 Å². The molecule has 56 heavy (non-hydrogen) atoms. The molecule has 2 N–H and O–H groups in total. The molecule has 5 heterocycles. The van der Waals surface area contributed by atoms with Gasteiger partial charge in [0.1, 0.15) is 11.5 Å². The van der Waals surface area contributed by atoms with Gasteiger partial charge in [0.05, 0.1) is 56.0 Å². The first-order valence-electron chi connectivity index (χ1n) is 16.9. The summed E-state index contributed by atoms with van der Waals surface area (Å²) in [7, 11) is -2.47. The lowest BCUT2D eigenvalue weighted by molar-refractivity contribution is 0.411. The maximum absolute atomic E-state index is 13.8. The minimum atomic E-state index is -3.95. The largest absolute Gasteiger partial charge is 0.493 e. The van der Waals surface area contributed by atoms with Gasteiger partial charge in [-0.05, 0) is 90.0 Å². The Morgan fingerprint density at radius 1 is 0.643 bits per heavy atom. The first kappa shape index (κ1) is 34.1. The standard InChI is InChI=1S/C40H27N9O6S/c1-48(27-9-11-29(12-10-27)54-39-43-35-21-41-17-15-32(35)37(50)45-39)56(52,53)31-4-2-3-25(20-31)24-5-7-28(8-6-24)49-23-26-19-30(13-14-34(26)47-49)55-40-44-36-22-42-18-16-33(36)38(51)46-40/h2-23H,1H3,(H,43,45,50)(H,44,46,51). The van der Waals surface area contributed by atoms with Crippen molar-refractivity contribution in [2.45, 2.75) is 4.90 Å². The Morgan fingerprint density at radius 2 is 1.27 bits per heavy atom. The third-order valence-corrected chi connectivity index (χ3v) is 10.8. The van der Waals surface area contributed by atoms with E-state index in [-0.39, 0.29) is 28.7 Å². The molecule has 274 valence electrons. The van der Waals surface area contributed by atoms with Crippen LogP contribution in [-0.4, -0.2) is 65.4 Å². The molecule has 0 radical (unpaired) electrons. The number of benzene rings is 4. The van der Waals surface area contributed by atoms with Crippen LogP contribution < -0.4 is 13.8 Å². The molecule has 0 bridgehead atoms. The van der Waals surface area contributed by atoms with E-state index in [1.165, 1.54) is 29.9 Å². The van der Waals surface area contributed by atoms with E-state index in [9.17, 15) is 18.6 Å². The van der Waals surface area contributed by atoms with Gasteiger partial charge in [-0.2, -0.15) is 25.0 Å². The molecule has 0 spiro atoms. The average molecular weight is 762 g/mol. The predicted octanol–water partition coefficient (Wildman–Crippen LogP) is 7.19. The molecule has 0 fully saturated rings. The number of pyridine rings is 2.